The molecule has 11 nitrogen and oxygen atoms in total. The lowest BCUT2D eigenvalue weighted by molar-refractivity contribution is 0.128. The van der Waals surface area contributed by atoms with E-state index in [9.17, 15) is 0 Å². The van der Waals surface area contributed by atoms with Crippen LogP contribution in [0.5, 0.6) is 11.5 Å². The van der Waals surface area contributed by atoms with Crippen molar-refractivity contribution in [3.63, 3.8) is 0 Å². The molecule has 12 heteroatoms. The summed E-state index contributed by atoms with van der Waals surface area (Å²) in [5, 5.41) is 4.46. The van der Waals surface area contributed by atoms with Crippen molar-refractivity contribution in [3.8, 4) is 11.5 Å². The Hall–Kier alpha value is -6.02. The number of hydrogen-bond donors (Lipinski definition) is 5. The molecule has 0 saturated heterocycles. The lowest BCUT2D eigenvalue weighted by atomic mass is 10.0. The van der Waals surface area contributed by atoms with Gasteiger partial charge in [0.15, 0.2) is 0 Å². The lowest BCUT2D eigenvalue weighted by Gasteiger charge is -2.08. The summed E-state index contributed by atoms with van der Waals surface area (Å²) in [6.07, 6.45) is 18.7. The number of ether oxygens (including phenoxy) is 3. The van der Waals surface area contributed by atoms with Gasteiger partial charge in [-0.3, -0.25) is 15.0 Å². The summed E-state index contributed by atoms with van der Waals surface area (Å²) in [6.45, 7) is 4.96. The van der Waals surface area contributed by atoms with Crippen molar-refractivity contribution in [2.45, 2.75) is 83.7 Å². The quantitative estimate of drug-likeness (QED) is 0.0405. The molecule has 8 rings (SSSR count). The first-order chi connectivity index (χ1) is 35.4. The standard InChI is InChI=1S/2C14H18N2O.C13H16N2.C10H14ClN.C9H13NO/c1-17-13-7-4-6-12-11(5-2-3-9-15)8-10-16-14(12)13;1-17-12-5-6-14-13(10-12)11(7-9-16-14)4-2-3-8-15;14-9-4-3-5-11-8-10-15-13-7-2-1-6-12(11)13;11-10-6-3-5-9(8-10)4-1-2-7-12;10-6-7-11-8-9-4-2-1-3-5-9/h4,6-8,10H,2-3,5,9,15H2,1H3;5-7,9-10H,2-4,8,15H2,1H3;1-2,6-8,10H,3-5,9,14H2;3,5-6,8H,1-2,4,7,12H2;1-5H,6-8,10H2. The number of halogens is 1. The van der Waals surface area contributed by atoms with E-state index < -0.39 is 0 Å². The molecule has 3 aromatic heterocycles. The van der Waals surface area contributed by atoms with E-state index in [1.165, 1.54) is 44.0 Å². The zero-order valence-electron chi connectivity index (χ0n) is 42.7. The van der Waals surface area contributed by atoms with Crippen molar-refractivity contribution in [2.24, 2.45) is 28.7 Å². The molecule has 0 amide bonds. The first-order valence-corrected chi connectivity index (χ1v) is 25.8. The molecular weight excluding hydrogens is 916 g/mol. The molecular formula is C60H79ClN8O3. The number of hydrogen-bond acceptors (Lipinski definition) is 11. The van der Waals surface area contributed by atoms with Crippen LogP contribution in [0.2, 0.25) is 5.02 Å². The van der Waals surface area contributed by atoms with Crippen LogP contribution in [0.15, 0.2) is 152 Å². The zero-order chi connectivity index (χ0) is 51.4. The minimum Gasteiger partial charge on any atom is -0.497 e. The number of nitrogens with zero attached hydrogens (tertiary/aromatic N) is 3. The number of nitrogens with two attached hydrogens (primary N) is 5. The molecule has 0 spiro atoms. The third kappa shape index (κ3) is 21.4. The highest BCUT2D eigenvalue weighted by Gasteiger charge is 2.07. The maximum atomic E-state index is 5.83. The van der Waals surface area contributed by atoms with Gasteiger partial charge in [-0.1, -0.05) is 84.4 Å². The highest BCUT2D eigenvalue weighted by Crippen LogP contribution is 2.27. The summed E-state index contributed by atoms with van der Waals surface area (Å²) in [5.41, 5.74) is 36.8. The van der Waals surface area contributed by atoms with Crippen LogP contribution in [0.25, 0.3) is 32.7 Å². The van der Waals surface area contributed by atoms with Gasteiger partial charge in [0.25, 0.3) is 0 Å². The minimum absolute atomic E-state index is 0.590. The molecule has 384 valence electrons. The number of unbranched alkanes of at least 4 members (excludes halogenated alkanes) is 4. The number of aryl methyl sites for hydroxylation is 4. The highest BCUT2D eigenvalue weighted by atomic mass is 35.5. The predicted molar refractivity (Wildman–Crippen MR) is 303 cm³/mol. The largest absolute Gasteiger partial charge is 0.497 e. The number of pyridine rings is 3. The van der Waals surface area contributed by atoms with Crippen molar-refractivity contribution >= 4 is 44.3 Å². The van der Waals surface area contributed by atoms with Crippen LogP contribution in [-0.4, -0.2) is 68.5 Å². The topological polar surface area (TPSA) is 196 Å². The Morgan fingerprint density at radius 1 is 0.431 bits per heavy atom. The van der Waals surface area contributed by atoms with Crippen molar-refractivity contribution < 1.29 is 14.2 Å². The molecule has 0 radical (unpaired) electrons. The monoisotopic (exact) mass is 995 g/mol. The van der Waals surface area contributed by atoms with Crippen LogP contribution in [-0.2, 0) is 37.0 Å². The first-order valence-electron chi connectivity index (χ1n) is 25.4. The molecule has 3 heterocycles. The number of rotatable bonds is 22. The van der Waals surface area contributed by atoms with E-state index in [4.69, 9.17) is 54.5 Å². The minimum atomic E-state index is 0.590. The number of aromatic nitrogens is 3. The Bertz CT molecular complexity index is 2660. The van der Waals surface area contributed by atoms with Gasteiger partial charge in [0.1, 0.15) is 17.0 Å². The smallest absolute Gasteiger partial charge is 0.145 e. The molecule has 0 saturated carbocycles. The number of methoxy groups -OCH3 is 2. The molecule has 0 bridgehead atoms. The normalized spacial score (nSPS) is 10.5. The SMILES string of the molecule is COc1ccc2nccc(CCCCN)c2c1.COc1cccc2c(CCCCN)ccnc12.NCCCCc1cccc(Cl)c1.NCCCCc1ccnc2ccccc12.NCCOCc1ccccc1. The van der Waals surface area contributed by atoms with Crippen molar-refractivity contribution in [2.75, 3.05) is 53.6 Å². The average molecular weight is 996 g/mol. The molecule has 0 aliphatic rings. The third-order valence-electron chi connectivity index (χ3n) is 11.7. The fourth-order valence-corrected chi connectivity index (χ4v) is 8.09. The van der Waals surface area contributed by atoms with Crippen molar-refractivity contribution in [1.29, 1.82) is 0 Å². The van der Waals surface area contributed by atoms with Crippen LogP contribution >= 0.6 is 11.6 Å². The predicted octanol–water partition coefficient (Wildman–Crippen LogP) is 11.3. The first kappa shape index (κ1) is 58.5. The molecule has 8 aromatic rings. The molecule has 5 aromatic carbocycles. The summed E-state index contributed by atoms with van der Waals surface area (Å²) in [7, 11) is 3.36. The van der Waals surface area contributed by atoms with Crippen LogP contribution in [0, 0.1) is 0 Å². The van der Waals surface area contributed by atoms with Gasteiger partial charge in [-0.2, -0.15) is 0 Å². The Morgan fingerprint density at radius 2 is 0.958 bits per heavy atom. The van der Waals surface area contributed by atoms with Gasteiger partial charge < -0.3 is 42.9 Å². The molecule has 0 atom stereocenters. The van der Waals surface area contributed by atoms with Crippen LogP contribution < -0.4 is 38.1 Å². The van der Waals surface area contributed by atoms with E-state index in [1.54, 1.807) is 14.2 Å². The van der Waals surface area contributed by atoms with E-state index in [2.05, 4.69) is 69.5 Å². The van der Waals surface area contributed by atoms with E-state index in [1.807, 2.05) is 97.5 Å². The Balaban J connectivity index is 0.000000197. The molecule has 0 fully saturated rings. The number of para-hydroxylation sites is 2. The van der Waals surface area contributed by atoms with E-state index in [-0.39, 0.29) is 0 Å². The molecule has 0 aliphatic heterocycles. The maximum absolute atomic E-state index is 5.83. The molecule has 0 unspecified atom stereocenters. The summed E-state index contributed by atoms with van der Waals surface area (Å²) >= 11 is 5.83. The second-order valence-electron chi connectivity index (χ2n) is 17.1. The summed E-state index contributed by atoms with van der Waals surface area (Å²) in [6, 6.07) is 44.7. The van der Waals surface area contributed by atoms with E-state index in [0.29, 0.717) is 19.8 Å². The molecule has 0 aliphatic carbocycles. The lowest BCUT2D eigenvalue weighted by Crippen LogP contribution is -2.07. The summed E-state index contributed by atoms with van der Waals surface area (Å²) in [5.74, 6) is 1.72. The maximum Gasteiger partial charge on any atom is 0.145 e. The summed E-state index contributed by atoms with van der Waals surface area (Å²) in [4.78, 5) is 13.1. The highest BCUT2D eigenvalue weighted by molar-refractivity contribution is 6.30. The van der Waals surface area contributed by atoms with Gasteiger partial charge in [0.2, 0.25) is 0 Å². The van der Waals surface area contributed by atoms with Crippen LogP contribution in [0.3, 0.4) is 0 Å². The number of benzene rings is 5. The number of fused-ring (bicyclic) bond motifs is 3. The Labute approximate surface area is 433 Å². The van der Waals surface area contributed by atoms with Crippen LogP contribution in [0.1, 0.15) is 79.2 Å². The second kappa shape index (κ2) is 36.0. The van der Waals surface area contributed by atoms with Crippen molar-refractivity contribution in [3.05, 3.63) is 185 Å². The zero-order valence-corrected chi connectivity index (χ0v) is 43.5. The third-order valence-corrected chi connectivity index (χ3v) is 11.9. The van der Waals surface area contributed by atoms with E-state index in [0.717, 1.165) is 136 Å². The molecule has 72 heavy (non-hydrogen) atoms. The fraction of sp³-hybridized carbons (Fsp3) is 0.350. The Kier molecular flexibility index (Phi) is 29.3. The van der Waals surface area contributed by atoms with Gasteiger partial charge in [0.05, 0.1) is 38.5 Å². The van der Waals surface area contributed by atoms with Gasteiger partial charge in [-0.15, -0.1) is 0 Å². The summed E-state index contributed by atoms with van der Waals surface area (Å²) < 4.78 is 15.8. The second-order valence-corrected chi connectivity index (χ2v) is 17.5. The van der Waals surface area contributed by atoms with Gasteiger partial charge in [-0.05, 0) is 192 Å². The van der Waals surface area contributed by atoms with Crippen molar-refractivity contribution in [1.82, 2.24) is 15.0 Å². The fourth-order valence-electron chi connectivity index (χ4n) is 7.88. The van der Waals surface area contributed by atoms with Gasteiger partial charge in [0, 0.05) is 46.3 Å². The Morgan fingerprint density at radius 3 is 1.56 bits per heavy atom. The average Bonchev–Trinajstić information content (AvgIpc) is 3.42. The molecule has 10 N–H and O–H groups in total. The van der Waals surface area contributed by atoms with Gasteiger partial charge in [-0.25, -0.2) is 0 Å². The van der Waals surface area contributed by atoms with Crippen LogP contribution in [0.4, 0.5) is 0 Å². The van der Waals surface area contributed by atoms with Gasteiger partial charge >= 0.3 is 0 Å². The van der Waals surface area contributed by atoms with E-state index >= 15 is 0 Å².